The molecule has 11 rings (SSSR count). The third-order valence-corrected chi connectivity index (χ3v) is 10.8. The van der Waals surface area contributed by atoms with Crippen LogP contribution in [-0.4, -0.2) is 24.1 Å². The molecule has 262 valence electrons. The van der Waals surface area contributed by atoms with E-state index >= 15 is 0 Å². The molecule has 0 bridgehead atoms. The maximum Gasteiger partial charge on any atom is 0.238 e. The zero-order chi connectivity index (χ0) is 37.0. The lowest BCUT2D eigenvalue weighted by Gasteiger charge is -2.13. The lowest BCUT2D eigenvalue weighted by molar-refractivity contribution is 0.953. The van der Waals surface area contributed by atoms with Crippen LogP contribution < -0.4 is 0 Å². The summed E-state index contributed by atoms with van der Waals surface area (Å²) in [4.78, 5) is 15.7. The molecule has 0 saturated heterocycles. The van der Waals surface area contributed by atoms with Gasteiger partial charge in [-0.1, -0.05) is 164 Å². The zero-order valence-electron chi connectivity index (χ0n) is 30.3. The van der Waals surface area contributed by atoms with Crippen LogP contribution in [0, 0.1) is 0 Å². The van der Waals surface area contributed by atoms with Crippen LogP contribution in [-0.2, 0) is 0 Å². The molecule has 8 aromatic carbocycles. The molecule has 0 aliphatic heterocycles. The normalized spacial score (nSPS) is 11.6. The smallest absolute Gasteiger partial charge is 0.238 e. The van der Waals surface area contributed by atoms with Crippen molar-refractivity contribution in [1.82, 2.24) is 24.1 Å². The van der Waals surface area contributed by atoms with Crippen molar-refractivity contribution >= 4 is 43.6 Å². The molecule has 5 nitrogen and oxygen atoms in total. The summed E-state index contributed by atoms with van der Waals surface area (Å²) in [5.41, 5.74) is 11.9. The third kappa shape index (κ3) is 5.21. The van der Waals surface area contributed by atoms with Crippen LogP contribution in [0.25, 0.3) is 100 Å². The Bertz CT molecular complexity index is 3150. The van der Waals surface area contributed by atoms with Gasteiger partial charge in [-0.25, -0.2) is 4.98 Å². The van der Waals surface area contributed by atoms with E-state index in [4.69, 9.17) is 15.0 Å². The molecule has 11 aromatic rings. The summed E-state index contributed by atoms with van der Waals surface area (Å²) in [7, 11) is 0. The molecule has 56 heavy (non-hydrogen) atoms. The molecule has 0 N–H and O–H groups in total. The molecule has 0 aliphatic carbocycles. The van der Waals surface area contributed by atoms with Crippen molar-refractivity contribution in [1.29, 1.82) is 0 Å². The van der Waals surface area contributed by atoms with Crippen LogP contribution in [0.5, 0.6) is 0 Å². The second-order valence-electron chi connectivity index (χ2n) is 14.1. The monoisotopic (exact) mass is 715 g/mol. The molecule has 0 amide bonds. The first-order valence-electron chi connectivity index (χ1n) is 18.9. The minimum absolute atomic E-state index is 0.563. The van der Waals surface area contributed by atoms with Gasteiger partial charge in [-0.15, -0.1) is 0 Å². The molecular weight excluding hydrogens is 683 g/mol. The third-order valence-electron chi connectivity index (χ3n) is 10.8. The number of nitrogens with zero attached hydrogens (tertiary/aromatic N) is 5. The highest BCUT2D eigenvalue weighted by Gasteiger charge is 2.24. The molecule has 0 unspecified atom stereocenters. The lowest BCUT2D eigenvalue weighted by Crippen LogP contribution is -2.07. The van der Waals surface area contributed by atoms with Gasteiger partial charge in [0.05, 0.1) is 22.1 Å². The fraction of sp³-hybridized carbons (Fsp3) is 0. The Kier molecular flexibility index (Phi) is 7.42. The molecule has 5 heteroatoms. The average Bonchev–Trinajstić information content (AvgIpc) is 3.80. The summed E-state index contributed by atoms with van der Waals surface area (Å²) in [5, 5.41) is 4.58. The number of hydrogen-bond donors (Lipinski definition) is 0. The first kappa shape index (κ1) is 31.9. The van der Waals surface area contributed by atoms with E-state index in [-0.39, 0.29) is 0 Å². The Labute approximate surface area is 323 Å². The summed E-state index contributed by atoms with van der Waals surface area (Å²) in [6, 6.07) is 70.4. The summed E-state index contributed by atoms with van der Waals surface area (Å²) in [6.07, 6.45) is 0. The summed E-state index contributed by atoms with van der Waals surface area (Å²) in [6.45, 7) is 0. The molecule has 0 aliphatic rings. The summed E-state index contributed by atoms with van der Waals surface area (Å²) in [5.74, 6) is 1.80. The van der Waals surface area contributed by atoms with Crippen LogP contribution in [0.3, 0.4) is 0 Å². The minimum Gasteiger partial charge on any atom is -0.307 e. The van der Waals surface area contributed by atoms with Gasteiger partial charge in [0.1, 0.15) is 0 Å². The van der Waals surface area contributed by atoms with Crippen molar-refractivity contribution in [3.63, 3.8) is 0 Å². The number of hydrogen-bond acceptors (Lipinski definition) is 3. The molecule has 0 saturated carbocycles. The average molecular weight is 716 g/mol. The van der Waals surface area contributed by atoms with E-state index in [2.05, 4.69) is 173 Å². The second-order valence-corrected chi connectivity index (χ2v) is 14.1. The van der Waals surface area contributed by atoms with Gasteiger partial charge in [0.15, 0.2) is 11.6 Å². The molecule has 0 atom stereocenters. The predicted octanol–water partition coefficient (Wildman–Crippen LogP) is 12.7. The first-order chi connectivity index (χ1) is 27.8. The van der Waals surface area contributed by atoms with E-state index in [1.54, 1.807) is 0 Å². The van der Waals surface area contributed by atoms with E-state index in [0.717, 1.165) is 60.6 Å². The van der Waals surface area contributed by atoms with Crippen LogP contribution in [0.4, 0.5) is 0 Å². The Morgan fingerprint density at radius 3 is 1.14 bits per heavy atom. The standard InChI is InChI=1S/C51H33N5/c1-6-16-34(17-7-1)38-26-30-45-43(32-38)41-28-29-42-44-33-39(35-18-8-2-9-19-35)27-31-46(44)56(48(42)47(41)55(45)40-24-14-5-15-25-40)51-53-49(36-20-10-3-11-21-36)52-50(54-51)37-22-12-4-13-23-37/h1-33H. The fourth-order valence-corrected chi connectivity index (χ4v) is 8.17. The van der Waals surface area contributed by atoms with Crippen LogP contribution >= 0.6 is 0 Å². The van der Waals surface area contributed by atoms with Gasteiger partial charge in [-0.2, -0.15) is 9.97 Å². The van der Waals surface area contributed by atoms with Gasteiger partial charge < -0.3 is 4.57 Å². The molecule has 0 fully saturated rings. The lowest BCUT2D eigenvalue weighted by atomic mass is 10.0. The highest BCUT2D eigenvalue weighted by molar-refractivity contribution is 6.24. The van der Waals surface area contributed by atoms with Crippen LogP contribution in [0.2, 0.25) is 0 Å². The molecular formula is C51H33N5. The molecule has 0 spiro atoms. The second kappa shape index (κ2) is 13.0. The number of fused-ring (bicyclic) bond motifs is 7. The number of para-hydroxylation sites is 1. The number of aromatic nitrogens is 5. The van der Waals surface area contributed by atoms with Crippen LogP contribution in [0.15, 0.2) is 200 Å². The number of benzene rings is 8. The van der Waals surface area contributed by atoms with E-state index in [1.807, 2.05) is 36.4 Å². The van der Waals surface area contributed by atoms with Crippen molar-refractivity contribution in [2.45, 2.75) is 0 Å². The number of rotatable bonds is 6. The van der Waals surface area contributed by atoms with E-state index in [0.29, 0.717) is 17.6 Å². The SMILES string of the molecule is c1ccc(-c2ccc3c(c2)c2ccc4c5cc(-c6ccccc6)ccc5n(-c5nc(-c6ccccc6)nc(-c6ccccc6)n5)c4c2n3-c2ccccc2)cc1. The van der Waals surface area contributed by atoms with Gasteiger partial charge in [0.25, 0.3) is 0 Å². The van der Waals surface area contributed by atoms with E-state index in [1.165, 1.54) is 22.1 Å². The van der Waals surface area contributed by atoms with Gasteiger partial charge in [-0.3, -0.25) is 4.57 Å². The highest BCUT2D eigenvalue weighted by Crippen LogP contribution is 2.43. The molecule has 3 aromatic heterocycles. The van der Waals surface area contributed by atoms with Gasteiger partial charge >= 0.3 is 0 Å². The van der Waals surface area contributed by atoms with Crippen molar-refractivity contribution in [2.24, 2.45) is 0 Å². The zero-order valence-corrected chi connectivity index (χ0v) is 30.3. The summed E-state index contributed by atoms with van der Waals surface area (Å²) >= 11 is 0. The maximum atomic E-state index is 5.30. The van der Waals surface area contributed by atoms with Gasteiger partial charge in [-0.05, 0) is 58.7 Å². The highest BCUT2D eigenvalue weighted by atomic mass is 15.2. The van der Waals surface area contributed by atoms with E-state index < -0.39 is 0 Å². The minimum atomic E-state index is 0.563. The Morgan fingerprint density at radius 2 is 0.679 bits per heavy atom. The quantitative estimate of drug-likeness (QED) is 0.172. The largest absolute Gasteiger partial charge is 0.307 e. The Morgan fingerprint density at radius 1 is 0.286 bits per heavy atom. The molecule has 3 heterocycles. The topological polar surface area (TPSA) is 48.5 Å². The van der Waals surface area contributed by atoms with Gasteiger partial charge in [0.2, 0.25) is 5.95 Å². The first-order valence-corrected chi connectivity index (χ1v) is 18.9. The maximum absolute atomic E-state index is 5.30. The van der Waals surface area contributed by atoms with Gasteiger partial charge in [0, 0.05) is 38.4 Å². The van der Waals surface area contributed by atoms with Crippen LogP contribution in [0.1, 0.15) is 0 Å². The molecule has 0 radical (unpaired) electrons. The van der Waals surface area contributed by atoms with Crippen molar-refractivity contribution in [3.8, 4) is 56.7 Å². The Balaban J connectivity index is 1.31. The predicted molar refractivity (Wildman–Crippen MR) is 230 cm³/mol. The summed E-state index contributed by atoms with van der Waals surface area (Å²) < 4.78 is 4.67. The fourth-order valence-electron chi connectivity index (χ4n) is 8.17. The Hall–Kier alpha value is -7.63. The van der Waals surface area contributed by atoms with Crippen molar-refractivity contribution in [2.75, 3.05) is 0 Å². The van der Waals surface area contributed by atoms with Crippen molar-refractivity contribution < 1.29 is 0 Å². The van der Waals surface area contributed by atoms with E-state index in [9.17, 15) is 0 Å². The van der Waals surface area contributed by atoms with Crippen molar-refractivity contribution in [3.05, 3.63) is 200 Å².